The Kier molecular flexibility index (Phi) is 5.34. The molecule has 1 amide bonds. The molecule has 0 aliphatic heterocycles. The van der Waals surface area contributed by atoms with Gasteiger partial charge < -0.3 is 4.90 Å². The minimum absolute atomic E-state index is 0.0645. The zero-order valence-corrected chi connectivity index (χ0v) is 15.7. The molecule has 0 saturated heterocycles. The van der Waals surface area contributed by atoms with E-state index in [-0.39, 0.29) is 5.91 Å². The Morgan fingerprint density at radius 1 is 1.28 bits per heavy atom. The Morgan fingerprint density at radius 2 is 2.12 bits per heavy atom. The number of hydrogen-bond donors (Lipinski definition) is 0. The summed E-state index contributed by atoms with van der Waals surface area (Å²) >= 11 is 1.66. The molecule has 3 rings (SSSR count). The average Bonchev–Trinajstić information content (AvgIpc) is 3.25. The maximum atomic E-state index is 13.1. The molecule has 4 nitrogen and oxygen atoms in total. The van der Waals surface area contributed by atoms with Crippen LogP contribution in [0, 0.1) is 5.92 Å². The highest BCUT2D eigenvalue weighted by atomic mass is 32.1. The summed E-state index contributed by atoms with van der Waals surface area (Å²) in [5.41, 5.74) is 4.01. The lowest BCUT2D eigenvalue weighted by Crippen LogP contribution is -2.33. The molecule has 0 atom stereocenters. The van der Waals surface area contributed by atoms with E-state index in [1.54, 1.807) is 16.0 Å². The van der Waals surface area contributed by atoms with Crippen molar-refractivity contribution in [3.05, 3.63) is 64.6 Å². The highest BCUT2D eigenvalue weighted by Gasteiger charge is 2.18. The first kappa shape index (κ1) is 17.4. The van der Waals surface area contributed by atoms with Gasteiger partial charge in [0, 0.05) is 37.5 Å². The average molecular weight is 353 g/mol. The van der Waals surface area contributed by atoms with Crippen LogP contribution in [0.5, 0.6) is 0 Å². The van der Waals surface area contributed by atoms with E-state index in [1.165, 1.54) is 0 Å². The van der Waals surface area contributed by atoms with E-state index in [1.807, 2.05) is 48.6 Å². The van der Waals surface area contributed by atoms with Gasteiger partial charge in [-0.05, 0) is 46.0 Å². The quantitative estimate of drug-likeness (QED) is 0.657. The van der Waals surface area contributed by atoms with Crippen LogP contribution in [0.25, 0.3) is 11.1 Å². The molecule has 3 aromatic rings. The number of nitrogens with zero attached hydrogens (tertiary/aromatic N) is 3. The molecule has 25 heavy (non-hydrogen) atoms. The van der Waals surface area contributed by atoms with Crippen molar-refractivity contribution in [3.63, 3.8) is 0 Å². The molecular formula is C20H23N3OS. The monoisotopic (exact) mass is 353 g/mol. The van der Waals surface area contributed by atoms with Crippen molar-refractivity contribution >= 4 is 17.2 Å². The normalized spacial score (nSPS) is 11.0. The van der Waals surface area contributed by atoms with Crippen LogP contribution >= 0.6 is 11.3 Å². The number of hydrogen-bond acceptors (Lipinski definition) is 3. The fraction of sp³-hybridized carbons (Fsp3) is 0.300. The number of carbonyl (C=O) groups excluding carboxylic acids is 1. The molecule has 0 aliphatic carbocycles. The SMILES string of the molecule is CC(C)CN(Cc1cnn(C)c1)C(=O)c1cccc(-c2ccsc2)c1. The smallest absolute Gasteiger partial charge is 0.254 e. The van der Waals surface area contributed by atoms with E-state index in [0.717, 1.165) is 28.8 Å². The molecule has 0 bridgehead atoms. The summed E-state index contributed by atoms with van der Waals surface area (Å²) in [6.45, 7) is 5.56. The maximum Gasteiger partial charge on any atom is 0.254 e. The van der Waals surface area contributed by atoms with Crippen LogP contribution in [0.15, 0.2) is 53.5 Å². The Labute approximate surface area is 152 Å². The zero-order chi connectivity index (χ0) is 17.8. The van der Waals surface area contributed by atoms with Gasteiger partial charge in [0.2, 0.25) is 0 Å². The first-order valence-electron chi connectivity index (χ1n) is 8.42. The Hall–Kier alpha value is -2.40. The molecule has 0 unspecified atom stereocenters. The molecule has 0 fully saturated rings. The van der Waals surface area contributed by atoms with Gasteiger partial charge in [0.15, 0.2) is 0 Å². The van der Waals surface area contributed by atoms with E-state index in [0.29, 0.717) is 12.5 Å². The molecule has 2 aromatic heterocycles. The van der Waals surface area contributed by atoms with Gasteiger partial charge in [0.1, 0.15) is 0 Å². The molecule has 130 valence electrons. The highest BCUT2D eigenvalue weighted by molar-refractivity contribution is 7.08. The maximum absolute atomic E-state index is 13.1. The third kappa shape index (κ3) is 4.37. The van der Waals surface area contributed by atoms with Gasteiger partial charge in [-0.3, -0.25) is 9.48 Å². The lowest BCUT2D eigenvalue weighted by molar-refractivity contribution is 0.0722. The molecule has 0 saturated carbocycles. The largest absolute Gasteiger partial charge is 0.334 e. The lowest BCUT2D eigenvalue weighted by atomic mass is 10.0. The van der Waals surface area contributed by atoms with E-state index in [2.05, 4.69) is 35.8 Å². The number of amides is 1. The fourth-order valence-electron chi connectivity index (χ4n) is 2.88. The molecule has 0 spiro atoms. The van der Waals surface area contributed by atoms with Gasteiger partial charge in [-0.1, -0.05) is 26.0 Å². The standard InChI is InChI=1S/C20H23N3OS/c1-15(2)11-23(13-16-10-21-22(3)12-16)20(24)18-6-4-5-17(9-18)19-7-8-25-14-19/h4-10,12,14-15H,11,13H2,1-3H3. The highest BCUT2D eigenvalue weighted by Crippen LogP contribution is 2.24. The molecule has 5 heteroatoms. The van der Waals surface area contributed by atoms with Gasteiger partial charge in [0.05, 0.1) is 6.20 Å². The van der Waals surface area contributed by atoms with Crippen LogP contribution in [-0.2, 0) is 13.6 Å². The number of thiophene rings is 1. The van der Waals surface area contributed by atoms with Crippen LogP contribution in [0.4, 0.5) is 0 Å². The summed E-state index contributed by atoms with van der Waals surface area (Å²) in [5, 5.41) is 8.36. The van der Waals surface area contributed by atoms with Crippen LogP contribution in [0.2, 0.25) is 0 Å². The Bertz CT molecular complexity index is 836. The van der Waals surface area contributed by atoms with Crippen molar-refractivity contribution in [2.24, 2.45) is 13.0 Å². The Balaban J connectivity index is 1.85. The van der Waals surface area contributed by atoms with Crippen LogP contribution in [0.3, 0.4) is 0 Å². The number of benzene rings is 1. The Morgan fingerprint density at radius 3 is 2.76 bits per heavy atom. The molecule has 0 radical (unpaired) electrons. The first-order valence-corrected chi connectivity index (χ1v) is 9.36. The number of aryl methyl sites for hydroxylation is 1. The third-order valence-corrected chi connectivity index (χ3v) is 4.65. The summed E-state index contributed by atoms with van der Waals surface area (Å²) in [6.07, 6.45) is 3.78. The predicted octanol–water partition coefficient (Wildman–Crippen LogP) is 4.45. The molecule has 0 aliphatic rings. The summed E-state index contributed by atoms with van der Waals surface area (Å²) in [4.78, 5) is 15.0. The third-order valence-electron chi connectivity index (χ3n) is 3.97. The summed E-state index contributed by atoms with van der Waals surface area (Å²) < 4.78 is 1.77. The van der Waals surface area contributed by atoms with E-state index in [9.17, 15) is 4.79 Å². The first-order chi connectivity index (χ1) is 12.0. The number of aromatic nitrogens is 2. The minimum Gasteiger partial charge on any atom is -0.334 e. The van der Waals surface area contributed by atoms with Gasteiger partial charge in [0.25, 0.3) is 5.91 Å². The molecule has 1 aromatic carbocycles. The predicted molar refractivity (Wildman–Crippen MR) is 103 cm³/mol. The summed E-state index contributed by atoms with van der Waals surface area (Å²) in [5.74, 6) is 0.468. The van der Waals surface area contributed by atoms with E-state index >= 15 is 0 Å². The van der Waals surface area contributed by atoms with Crippen molar-refractivity contribution in [3.8, 4) is 11.1 Å². The van der Waals surface area contributed by atoms with E-state index in [4.69, 9.17) is 0 Å². The topological polar surface area (TPSA) is 38.1 Å². The number of rotatable bonds is 6. The van der Waals surface area contributed by atoms with Gasteiger partial charge in [-0.2, -0.15) is 16.4 Å². The molecule has 0 N–H and O–H groups in total. The van der Waals surface area contributed by atoms with Crippen molar-refractivity contribution in [1.29, 1.82) is 0 Å². The summed E-state index contributed by atoms with van der Waals surface area (Å²) in [7, 11) is 1.89. The minimum atomic E-state index is 0.0645. The van der Waals surface area contributed by atoms with Crippen molar-refractivity contribution in [2.45, 2.75) is 20.4 Å². The second kappa shape index (κ2) is 7.66. The van der Waals surface area contributed by atoms with E-state index < -0.39 is 0 Å². The van der Waals surface area contributed by atoms with Gasteiger partial charge >= 0.3 is 0 Å². The van der Waals surface area contributed by atoms with Crippen LogP contribution in [0.1, 0.15) is 29.8 Å². The molecular weight excluding hydrogens is 330 g/mol. The lowest BCUT2D eigenvalue weighted by Gasteiger charge is -2.24. The second-order valence-electron chi connectivity index (χ2n) is 6.69. The van der Waals surface area contributed by atoms with Crippen molar-refractivity contribution in [2.75, 3.05) is 6.54 Å². The number of carbonyl (C=O) groups is 1. The zero-order valence-electron chi connectivity index (χ0n) is 14.8. The van der Waals surface area contributed by atoms with Crippen molar-refractivity contribution < 1.29 is 4.79 Å². The summed E-state index contributed by atoms with van der Waals surface area (Å²) in [6, 6.07) is 9.97. The van der Waals surface area contributed by atoms with Crippen LogP contribution in [-0.4, -0.2) is 27.1 Å². The molecule has 2 heterocycles. The van der Waals surface area contributed by atoms with Crippen molar-refractivity contribution in [1.82, 2.24) is 14.7 Å². The second-order valence-corrected chi connectivity index (χ2v) is 7.47. The van der Waals surface area contributed by atoms with Crippen LogP contribution < -0.4 is 0 Å². The fourth-order valence-corrected chi connectivity index (χ4v) is 3.54. The van der Waals surface area contributed by atoms with Gasteiger partial charge in [-0.15, -0.1) is 0 Å². The van der Waals surface area contributed by atoms with Gasteiger partial charge in [-0.25, -0.2) is 0 Å².